The maximum atomic E-state index is 5.00. The summed E-state index contributed by atoms with van der Waals surface area (Å²) in [6.07, 6.45) is 0.970. The molecule has 1 rings (SSSR count). The standard InChI is InChI=1S/C10H14OS/c1-11-8-10(12)7-9-5-3-2-4-6-9/h2-6,10,12H,7-8H2,1H3. The largest absolute Gasteiger partial charge is 0.384 e. The highest BCUT2D eigenvalue weighted by molar-refractivity contribution is 7.81. The van der Waals surface area contributed by atoms with E-state index in [4.69, 9.17) is 4.74 Å². The average Bonchev–Trinajstić information content (AvgIpc) is 2.06. The van der Waals surface area contributed by atoms with Crippen LogP contribution in [0, 0.1) is 0 Å². The summed E-state index contributed by atoms with van der Waals surface area (Å²) in [5.74, 6) is 0. The van der Waals surface area contributed by atoms with Crippen molar-refractivity contribution in [1.82, 2.24) is 0 Å². The fourth-order valence-corrected chi connectivity index (χ4v) is 1.50. The third-order valence-corrected chi connectivity index (χ3v) is 2.00. The molecule has 0 radical (unpaired) electrons. The molecule has 0 aliphatic carbocycles. The monoisotopic (exact) mass is 182 g/mol. The Balaban J connectivity index is 2.41. The lowest BCUT2D eigenvalue weighted by Gasteiger charge is -2.08. The molecule has 0 N–H and O–H groups in total. The first-order chi connectivity index (χ1) is 5.83. The molecule has 1 aromatic carbocycles. The molecule has 0 spiro atoms. The Labute approximate surface area is 79.2 Å². The van der Waals surface area contributed by atoms with Gasteiger partial charge in [-0.15, -0.1) is 0 Å². The van der Waals surface area contributed by atoms with Crippen LogP contribution in [0.15, 0.2) is 30.3 Å². The highest BCUT2D eigenvalue weighted by atomic mass is 32.1. The maximum Gasteiger partial charge on any atom is 0.0581 e. The molecule has 0 bridgehead atoms. The molecule has 0 aliphatic rings. The SMILES string of the molecule is COCC(S)Cc1ccccc1. The second-order valence-corrected chi connectivity index (χ2v) is 3.53. The molecule has 1 aromatic rings. The van der Waals surface area contributed by atoms with Gasteiger partial charge in [-0.3, -0.25) is 0 Å². The third-order valence-electron chi connectivity index (χ3n) is 1.67. The maximum absolute atomic E-state index is 5.00. The Morgan fingerprint density at radius 1 is 1.33 bits per heavy atom. The summed E-state index contributed by atoms with van der Waals surface area (Å²) in [5, 5.41) is 0.303. The Hall–Kier alpha value is -0.470. The lowest BCUT2D eigenvalue weighted by atomic mass is 10.1. The quantitative estimate of drug-likeness (QED) is 0.702. The molecule has 0 heterocycles. The number of methoxy groups -OCH3 is 1. The predicted molar refractivity (Wildman–Crippen MR) is 54.8 cm³/mol. The first kappa shape index (κ1) is 9.62. The van der Waals surface area contributed by atoms with Crippen LogP contribution in [0.5, 0.6) is 0 Å². The summed E-state index contributed by atoms with van der Waals surface area (Å²) in [7, 11) is 1.70. The summed E-state index contributed by atoms with van der Waals surface area (Å²) < 4.78 is 5.00. The van der Waals surface area contributed by atoms with E-state index < -0.39 is 0 Å². The minimum atomic E-state index is 0.303. The van der Waals surface area contributed by atoms with Crippen LogP contribution in [0.4, 0.5) is 0 Å². The van der Waals surface area contributed by atoms with E-state index in [2.05, 4.69) is 24.8 Å². The lowest BCUT2D eigenvalue weighted by molar-refractivity contribution is 0.199. The molecule has 0 saturated carbocycles. The fourth-order valence-electron chi connectivity index (χ4n) is 1.14. The number of thiol groups is 1. The van der Waals surface area contributed by atoms with Crippen molar-refractivity contribution in [2.75, 3.05) is 13.7 Å². The van der Waals surface area contributed by atoms with Crippen LogP contribution in [0.25, 0.3) is 0 Å². The Morgan fingerprint density at radius 3 is 2.58 bits per heavy atom. The predicted octanol–water partition coefficient (Wildman–Crippen LogP) is 2.17. The summed E-state index contributed by atoms with van der Waals surface area (Å²) in [6.45, 7) is 0.706. The normalized spacial score (nSPS) is 12.8. The van der Waals surface area contributed by atoms with E-state index in [1.165, 1.54) is 5.56 Å². The topological polar surface area (TPSA) is 9.23 Å². The van der Waals surface area contributed by atoms with Gasteiger partial charge in [-0.25, -0.2) is 0 Å². The molecule has 2 heteroatoms. The van der Waals surface area contributed by atoms with Gasteiger partial charge in [0.15, 0.2) is 0 Å². The number of ether oxygens (including phenoxy) is 1. The number of benzene rings is 1. The van der Waals surface area contributed by atoms with Gasteiger partial charge in [-0.1, -0.05) is 30.3 Å². The van der Waals surface area contributed by atoms with E-state index in [0.717, 1.165) is 6.42 Å². The zero-order valence-corrected chi connectivity index (χ0v) is 8.13. The molecule has 0 aliphatic heterocycles. The number of hydrogen-bond acceptors (Lipinski definition) is 2. The number of hydrogen-bond donors (Lipinski definition) is 1. The van der Waals surface area contributed by atoms with Crippen LogP contribution in [0.1, 0.15) is 5.56 Å². The average molecular weight is 182 g/mol. The lowest BCUT2D eigenvalue weighted by Crippen LogP contribution is -2.10. The molecule has 1 atom stereocenters. The molecule has 66 valence electrons. The van der Waals surface area contributed by atoms with Crippen molar-refractivity contribution in [2.24, 2.45) is 0 Å². The van der Waals surface area contributed by atoms with Crippen LogP contribution in [-0.2, 0) is 11.2 Å². The molecular weight excluding hydrogens is 168 g/mol. The summed E-state index contributed by atoms with van der Waals surface area (Å²) in [5.41, 5.74) is 1.31. The molecule has 0 saturated heterocycles. The Bertz CT molecular complexity index is 210. The smallest absolute Gasteiger partial charge is 0.0581 e. The van der Waals surface area contributed by atoms with Crippen LogP contribution in [0.3, 0.4) is 0 Å². The van der Waals surface area contributed by atoms with Gasteiger partial charge in [0, 0.05) is 12.4 Å². The van der Waals surface area contributed by atoms with Crippen LogP contribution in [0.2, 0.25) is 0 Å². The zero-order valence-electron chi connectivity index (χ0n) is 7.23. The van der Waals surface area contributed by atoms with Crippen molar-refractivity contribution in [3.05, 3.63) is 35.9 Å². The minimum Gasteiger partial charge on any atom is -0.384 e. The van der Waals surface area contributed by atoms with Gasteiger partial charge in [0.25, 0.3) is 0 Å². The van der Waals surface area contributed by atoms with Crippen molar-refractivity contribution in [3.63, 3.8) is 0 Å². The van der Waals surface area contributed by atoms with E-state index in [-0.39, 0.29) is 0 Å². The molecule has 1 unspecified atom stereocenters. The summed E-state index contributed by atoms with van der Waals surface area (Å²) >= 11 is 4.40. The van der Waals surface area contributed by atoms with Crippen molar-refractivity contribution in [3.8, 4) is 0 Å². The van der Waals surface area contributed by atoms with E-state index in [1.807, 2.05) is 18.2 Å². The fraction of sp³-hybridized carbons (Fsp3) is 0.400. The Kier molecular flexibility index (Phi) is 4.19. The van der Waals surface area contributed by atoms with E-state index in [9.17, 15) is 0 Å². The molecule has 0 amide bonds. The second kappa shape index (κ2) is 5.22. The van der Waals surface area contributed by atoms with Gasteiger partial charge in [-0.05, 0) is 12.0 Å². The van der Waals surface area contributed by atoms with Crippen LogP contribution in [-0.4, -0.2) is 19.0 Å². The van der Waals surface area contributed by atoms with Gasteiger partial charge in [0.05, 0.1) is 6.61 Å². The summed E-state index contributed by atoms with van der Waals surface area (Å²) in [4.78, 5) is 0. The highest BCUT2D eigenvalue weighted by Gasteiger charge is 2.02. The van der Waals surface area contributed by atoms with E-state index in [0.29, 0.717) is 11.9 Å². The molecular formula is C10H14OS. The van der Waals surface area contributed by atoms with E-state index in [1.54, 1.807) is 7.11 Å². The Morgan fingerprint density at radius 2 is 2.00 bits per heavy atom. The minimum absolute atomic E-state index is 0.303. The van der Waals surface area contributed by atoms with Gasteiger partial charge < -0.3 is 4.74 Å². The third kappa shape index (κ3) is 3.28. The van der Waals surface area contributed by atoms with Gasteiger partial charge >= 0.3 is 0 Å². The van der Waals surface area contributed by atoms with Crippen LogP contribution >= 0.6 is 12.6 Å². The molecule has 0 aromatic heterocycles. The highest BCUT2D eigenvalue weighted by Crippen LogP contribution is 2.07. The molecule has 0 fully saturated rings. The molecule has 12 heavy (non-hydrogen) atoms. The first-order valence-corrected chi connectivity index (χ1v) is 4.55. The summed E-state index contributed by atoms with van der Waals surface area (Å²) in [6, 6.07) is 10.3. The van der Waals surface area contributed by atoms with E-state index >= 15 is 0 Å². The van der Waals surface area contributed by atoms with Gasteiger partial charge in [-0.2, -0.15) is 12.6 Å². The van der Waals surface area contributed by atoms with Crippen LogP contribution < -0.4 is 0 Å². The molecule has 1 nitrogen and oxygen atoms in total. The van der Waals surface area contributed by atoms with Crippen molar-refractivity contribution >= 4 is 12.6 Å². The van der Waals surface area contributed by atoms with Gasteiger partial charge in [0.2, 0.25) is 0 Å². The van der Waals surface area contributed by atoms with Crippen molar-refractivity contribution < 1.29 is 4.74 Å². The second-order valence-electron chi connectivity index (χ2n) is 2.80. The van der Waals surface area contributed by atoms with Gasteiger partial charge in [0.1, 0.15) is 0 Å². The first-order valence-electron chi connectivity index (χ1n) is 4.04. The van der Waals surface area contributed by atoms with Crippen molar-refractivity contribution in [1.29, 1.82) is 0 Å². The zero-order chi connectivity index (χ0) is 8.81. The van der Waals surface area contributed by atoms with Crippen molar-refractivity contribution in [2.45, 2.75) is 11.7 Å². The number of rotatable bonds is 4.